The average molecular weight is 555 g/mol. The summed E-state index contributed by atoms with van der Waals surface area (Å²) in [6.07, 6.45) is 1.31. The number of nitrogens with zero attached hydrogens (tertiary/aromatic N) is 3. The molecule has 2 aromatic heterocycles. The van der Waals surface area contributed by atoms with Gasteiger partial charge in [-0.2, -0.15) is 4.73 Å². The van der Waals surface area contributed by atoms with Gasteiger partial charge in [-0.1, -0.05) is 56.6 Å². The lowest BCUT2D eigenvalue weighted by Gasteiger charge is -2.19. The average Bonchev–Trinajstić information content (AvgIpc) is 2.87. The van der Waals surface area contributed by atoms with E-state index < -0.39 is 10.0 Å². The minimum absolute atomic E-state index is 0.0352. The first kappa shape index (κ1) is 27.2. The van der Waals surface area contributed by atoms with E-state index in [9.17, 15) is 13.6 Å². The second kappa shape index (κ2) is 10.5. The van der Waals surface area contributed by atoms with Crippen molar-refractivity contribution in [2.45, 2.75) is 38.0 Å². The van der Waals surface area contributed by atoms with Gasteiger partial charge in [-0.15, -0.1) is 0 Å². The zero-order valence-corrected chi connectivity index (χ0v) is 23.1. The van der Waals surface area contributed by atoms with Crippen LogP contribution < -0.4 is 18.9 Å². The van der Waals surface area contributed by atoms with Crippen LogP contribution in [0.1, 0.15) is 32.0 Å². The molecule has 0 saturated heterocycles. The van der Waals surface area contributed by atoms with Crippen molar-refractivity contribution in [3.63, 3.8) is 0 Å². The number of ether oxygens (including phenoxy) is 2. The van der Waals surface area contributed by atoms with Crippen molar-refractivity contribution in [3.05, 3.63) is 88.5 Å². The Hall–Kier alpha value is -3.89. The highest BCUT2D eigenvalue weighted by atomic mass is 35.5. The van der Waals surface area contributed by atoms with E-state index in [4.69, 9.17) is 21.1 Å². The highest BCUT2D eigenvalue weighted by molar-refractivity contribution is 7.92. The van der Waals surface area contributed by atoms with Crippen molar-refractivity contribution in [3.8, 4) is 28.6 Å². The molecule has 4 aromatic rings. The van der Waals surface area contributed by atoms with Gasteiger partial charge in [0.25, 0.3) is 10.0 Å². The summed E-state index contributed by atoms with van der Waals surface area (Å²) in [6, 6.07) is 16.5. The van der Waals surface area contributed by atoms with E-state index in [1.807, 2.05) is 20.8 Å². The van der Waals surface area contributed by atoms with Crippen LogP contribution in [-0.4, -0.2) is 25.5 Å². The molecule has 0 spiro atoms. The van der Waals surface area contributed by atoms with Gasteiger partial charge < -0.3 is 14.7 Å². The third-order valence-corrected chi connectivity index (χ3v) is 7.34. The number of methoxy groups -OCH3 is 1. The molecule has 1 N–H and O–H groups in total. The lowest BCUT2D eigenvalue weighted by atomic mass is 9.87. The molecule has 11 heteroatoms. The van der Waals surface area contributed by atoms with Crippen molar-refractivity contribution in [2.75, 3.05) is 11.8 Å². The van der Waals surface area contributed by atoms with Crippen molar-refractivity contribution in [2.24, 2.45) is 0 Å². The van der Waals surface area contributed by atoms with E-state index in [2.05, 4.69) is 14.7 Å². The molecule has 9 nitrogen and oxygen atoms in total. The summed E-state index contributed by atoms with van der Waals surface area (Å²) in [5.41, 5.74) is 1.71. The number of halogens is 1. The summed E-state index contributed by atoms with van der Waals surface area (Å²) < 4.78 is 41.3. The van der Waals surface area contributed by atoms with Crippen LogP contribution in [-0.2, 0) is 15.4 Å². The van der Waals surface area contributed by atoms with Crippen LogP contribution in [0.4, 0.5) is 5.82 Å². The van der Waals surface area contributed by atoms with Crippen molar-refractivity contribution in [1.29, 1.82) is 0 Å². The normalized spacial score (nSPS) is 11.7. The summed E-state index contributed by atoms with van der Waals surface area (Å²) >= 11 is 6.53. The molecule has 0 unspecified atom stereocenters. The number of benzene rings is 2. The number of hydrogen-bond donors (Lipinski definition) is 1. The number of anilines is 1. The van der Waals surface area contributed by atoms with Gasteiger partial charge in [0.15, 0.2) is 40.2 Å². The molecule has 2 aromatic carbocycles. The standard InChI is InChI=1S/C27H27ClN4O5S/c1-17-16-18(14-15-32(17)33)25-29-24(28)23(37-22-9-7-6-8-21(22)36-5)26(30-25)31-38(34,35)20-12-10-19(11-13-20)27(2,3)4/h6-16H,1-5H3,(H,29,30,31). The summed E-state index contributed by atoms with van der Waals surface area (Å²) in [4.78, 5) is 8.78. The first-order chi connectivity index (χ1) is 17.9. The van der Waals surface area contributed by atoms with E-state index in [1.165, 1.54) is 31.5 Å². The minimum atomic E-state index is -4.10. The Bertz CT molecular complexity index is 1590. The minimum Gasteiger partial charge on any atom is -0.619 e. The quantitative estimate of drug-likeness (QED) is 0.178. The first-order valence-electron chi connectivity index (χ1n) is 11.6. The Morgan fingerprint density at radius 3 is 2.26 bits per heavy atom. The molecule has 38 heavy (non-hydrogen) atoms. The van der Waals surface area contributed by atoms with Crippen LogP contribution in [0.15, 0.2) is 71.8 Å². The molecule has 198 valence electrons. The molecule has 0 bridgehead atoms. The van der Waals surface area contributed by atoms with Gasteiger partial charge >= 0.3 is 0 Å². The van der Waals surface area contributed by atoms with Crippen LogP contribution in [0, 0.1) is 12.1 Å². The van der Waals surface area contributed by atoms with Crippen LogP contribution in [0.5, 0.6) is 17.2 Å². The van der Waals surface area contributed by atoms with Gasteiger partial charge in [-0.3, -0.25) is 4.72 Å². The molecule has 0 fully saturated rings. The predicted octanol–water partition coefficient (Wildman–Crippen LogP) is 5.64. The van der Waals surface area contributed by atoms with E-state index >= 15 is 0 Å². The summed E-state index contributed by atoms with van der Waals surface area (Å²) in [7, 11) is -2.62. The molecular weight excluding hydrogens is 528 g/mol. The van der Waals surface area contributed by atoms with E-state index in [0.29, 0.717) is 21.7 Å². The summed E-state index contributed by atoms with van der Waals surface area (Å²) in [6.45, 7) is 7.75. The summed E-state index contributed by atoms with van der Waals surface area (Å²) in [5.74, 6) is 0.500. The number of hydrogen-bond acceptors (Lipinski definition) is 7. The number of para-hydroxylation sites is 2. The Kier molecular flexibility index (Phi) is 7.48. The van der Waals surface area contributed by atoms with Crippen LogP contribution in [0.2, 0.25) is 5.15 Å². The lowest BCUT2D eigenvalue weighted by Crippen LogP contribution is -2.28. The van der Waals surface area contributed by atoms with Crippen molar-refractivity contribution >= 4 is 27.4 Å². The Balaban J connectivity index is 1.82. The summed E-state index contributed by atoms with van der Waals surface area (Å²) in [5, 5.41) is 11.7. The molecule has 4 rings (SSSR count). The highest BCUT2D eigenvalue weighted by Crippen LogP contribution is 2.40. The second-order valence-corrected chi connectivity index (χ2v) is 11.6. The second-order valence-electron chi connectivity index (χ2n) is 9.53. The van der Waals surface area contributed by atoms with Gasteiger partial charge in [0.1, 0.15) is 0 Å². The van der Waals surface area contributed by atoms with E-state index in [1.54, 1.807) is 49.4 Å². The number of aryl methyl sites for hydroxylation is 1. The maximum atomic E-state index is 13.4. The maximum Gasteiger partial charge on any atom is 0.263 e. The third-order valence-electron chi connectivity index (χ3n) is 5.73. The number of pyridine rings is 1. The van der Waals surface area contributed by atoms with E-state index in [-0.39, 0.29) is 38.6 Å². The van der Waals surface area contributed by atoms with Crippen LogP contribution in [0.25, 0.3) is 11.4 Å². The molecule has 2 heterocycles. The molecule has 0 amide bonds. The van der Waals surface area contributed by atoms with Gasteiger partial charge in [-0.25, -0.2) is 18.4 Å². The zero-order valence-electron chi connectivity index (χ0n) is 21.5. The smallest absolute Gasteiger partial charge is 0.263 e. The van der Waals surface area contributed by atoms with E-state index in [0.717, 1.165) is 5.56 Å². The zero-order chi connectivity index (χ0) is 27.7. The van der Waals surface area contributed by atoms with Gasteiger partial charge in [0, 0.05) is 24.6 Å². The number of aromatic nitrogens is 3. The molecule has 0 atom stereocenters. The Morgan fingerprint density at radius 1 is 1.00 bits per heavy atom. The SMILES string of the molecule is COc1ccccc1Oc1c(Cl)nc(-c2cc[n+]([O-])c(C)c2)nc1NS(=O)(=O)c1ccc(C(C)(C)C)cc1. The topological polar surface area (TPSA) is 117 Å². The fourth-order valence-corrected chi connectivity index (χ4v) is 4.80. The largest absolute Gasteiger partial charge is 0.619 e. The predicted molar refractivity (Wildman–Crippen MR) is 145 cm³/mol. The molecule has 0 saturated carbocycles. The maximum absolute atomic E-state index is 13.4. The Morgan fingerprint density at radius 2 is 1.66 bits per heavy atom. The fraction of sp³-hybridized carbons (Fsp3) is 0.222. The highest BCUT2D eigenvalue weighted by Gasteiger charge is 2.24. The van der Waals surface area contributed by atoms with Crippen LogP contribution in [0.3, 0.4) is 0 Å². The first-order valence-corrected chi connectivity index (χ1v) is 13.5. The fourth-order valence-electron chi connectivity index (χ4n) is 3.59. The number of rotatable bonds is 7. The lowest BCUT2D eigenvalue weighted by molar-refractivity contribution is -0.612. The van der Waals surface area contributed by atoms with Crippen molar-refractivity contribution < 1.29 is 22.6 Å². The monoisotopic (exact) mass is 554 g/mol. The Labute approximate surface area is 226 Å². The third kappa shape index (κ3) is 5.81. The molecular formula is C27H27ClN4O5S. The molecule has 0 aliphatic rings. The molecule has 0 aliphatic heterocycles. The molecule has 0 aliphatic carbocycles. The van der Waals surface area contributed by atoms with Gasteiger partial charge in [0.05, 0.1) is 12.0 Å². The van der Waals surface area contributed by atoms with Crippen LogP contribution >= 0.6 is 11.6 Å². The van der Waals surface area contributed by atoms with Gasteiger partial charge in [0.2, 0.25) is 5.75 Å². The number of nitrogens with one attached hydrogen (secondary N) is 1. The van der Waals surface area contributed by atoms with Crippen molar-refractivity contribution in [1.82, 2.24) is 9.97 Å². The number of sulfonamides is 1. The molecule has 0 radical (unpaired) electrons. The van der Waals surface area contributed by atoms with Gasteiger partial charge in [-0.05, 0) is 35.2 Å².